The van der Waals surface area contributed by atoms with Crippen molar-refractivity contribution in [3.63, 3.8) is 0 Å². The summed E-state index contributed by atoms with van der Waals surface area (Å²) < 4.78 is 0. The van der Waals surface area contributed by atoms with Crippen molar-refractivity contribution in [2.24, 2.45) is 4.99 Å². The summed E-state index contributed by atoms with van der Waals surface area (Å²) in [4.78, 5) is 14.3. The van der Waals surface area contributed by atoms with E-state index in [0.29, 0.717) is 11.8 Å². The molecule has 3 nitrogen and oxygen atoms in total. The van der Waals surface area contributed by atoms with Gasteiger partial charge in [-0.15, -0.1) is 0 Å². The first-order valence-corrected chi connectivity index (χ1v) is 13.2. The number of benzene rings is 2. The number of fused-ring (bicyclic) bond motifs is 3. The molecule has 0 spiro atoms. The zero-order chi connectivity index (χ0) is 22.4. The van der Waals surface area contributed by atoms with Crippen LogP contribution >= 0.6 is 20.2 Å². The summed E-state index contributed by atoms with van der Waals surface area (Å²) in [7, 11) is 9.53. The van der Waals surface area contributed by atoms with Crippen molar-refractivity contribution < 1.29 is 13.1 Å². The molecule has 2 aromatic heterocycles. The van der Waals surface area contributed by atoms with E-state index in [-0.39, 0.29) is 13.1 Å². The van der Waals surface area contributed by atoms with E-state index in [1.165, 1.54) is 11.1 Å². The van der Waals surface area contributed by atoms with Crippen molar-refractivity contribution in [1.82, 2.24) is 9.97 Å². The molecule has 0 N–H and O–H groups in total. The Morgan fingerprint density at radius 1 is 0.806 bits per heavy atom. The van der Waals surface area contributed by atoms with Gasteiger partial charge in [-0.2, -0.15) is 0 Å². The second kappa shape index (κ2) is 11.1. The van der Waals surface area contributed by atoms with Crippen LogP contribution in [0.3, 0.4) is 0 Å². The third-order valence-electron chi connectivity index (χ3n) is 5.12. The monoisotopic (exact) mass is 493 g/mol. The van der Waals surface area contributed by atoms with Crippen molar-refractivity contribution in [3.05, 3.63) is 77.6 Å². The van der Waals surface area contributed by atoms with Gasteiger partial charge in [0.1, 0.15) is 0 Å². The average molecular weight is 494 g/mol. The molecule has 2 aromatic carbocycles. The molecule has 162 valence electrons. The van der Waals surface area contributed by atoms with Crippen LogP contribution in [0.25, 0.3) is 21.8 Å². The molecule has 0 fully saturated rings. The number of nitrogens with zero attached hydrogens (tertiary/aromatic N) is 3. The molecular formula is C25H25Cl2FeN3. The summed E-state index contributed by atoms with van der Waals surface area (Å²) in [6, 6.07) is 18.8. The number of hydrogen-bond donors (Lipinski definition) is 0. The molecule has 4 aromatic rings. The normalized spacial score (nSPS) is 11.6. The molecule has 0 saturated heterocycles. The van der Waals surface area contributed by atoms with Crippen LogP contribution < -0.4 is 0 Å². The molecule has 4 rings (SSSR count). The summed E-state index contributed by atoms with van der Waals surface area (Å²) in [6.45, 7) is 8.85. The average Bonchev–Trinajstić information content (AvgIpc) is 2.77. The first-order valence-electron chi connectivity index (χ1n) is 10.1. The predicted molar refractivity (Wildman–Crippen MR) is 131 cm³/mol. The molecule has 0 amide bonds. The Bertz CT molecular complexity index is 1180. The van der Waals surface area contributed by atoms with E-state index >= 15 is 0 Å². The van der Waals surface area contributed by atoms with E-state index in [2.05, 4.69) is 75.1 Å². The summed E-state index contributed by atoms with van der Waals surface area (Å²) in [6.07, 6.45) is 3.70. The Morgan fingerprint density at radius 3 is 2.00 bits per heavy atom. The van der Waals surface area contributed by atoms with Crippen LogP contribution in [0.5, 0.6) is 0 Å². The Balaban J connectivity index is 0.000000858. The molecule has 0 atom stereocenters. The fourth-order valence-corrected chi connectivity index (χ4v) is 3.60. The zero-order valence-electron chi connectivity index (χ0n) is 18.0. The molecule has 0 bridgehead atoms. The van der Waals surface area contributed by atoms with Crippen LogP contribution in [-0.2, 0) is 13.1 Å². The number of halogens is 2. The molecule has 6 heteroatoms. The van der Waals surface area contributed by atoms with Gasteiger partial charge in [-0.3, -0.25) is 9.98 Å². The zero-order valence-corrected chi connectivity index (χ0v) is 20.6. The van der Waals surface area contributed by atoms with Gasteiger partial charge in [0, 0.05) is 17.0 Å². The predicted octanol–water partition coefficient (Wildman–Crippen LogP) is 8.16. The van der Waals surface area contributed by atoms with E-state index in [4.69, 9.17) is 30.2 Å². The summed E-state index contributed by atoms with van der Waals surface area (Å²) in [5.41, 5.74) is 6.32. The molecule has 0 radical (unpaired) electrons. The molecule has 0 aliphatic heterocycles. The Hall–Kier alpha value is -1.97. The van der Waals surface area contributed by atoms with Gasteiger partial charge in [-0.1, -0.05) is 70.2 Å². The van der Waals surface area contributed by atoms with E-state index in [0.717, 1.165) is 33.2 Å². The Labute approximate surface area is 198 Å². The summed E-state index contributed by atoms with van der Waals surface area (Å²) >= 11 is 0.194. The van der Waals surface area contributed by atoms with E-state index < -0.39 is 0 Å². The number of aromatic nitrogens is 2. The molecular weight excluding hydrogens is 469 g/mol. The second-order valence-electron chi connectivity index (χ2n) is 7.85. The van der Waals surface area contributed by atoms with Crippen LogP contribution in [0.2, 0.25) is 0 Å². The molecule has 0 aliphatic carbocycles. The standard InChI is InChI=1S/C25H25N3.2ClH.Fe/c1-16(2)21-8-5-9-22(17(3)4)25(21)27-15-20-13-12-19-11-10-18-7-6-14-26-23(18)24(19)28-20;;;/h5-17H,1-4H3;2*1H;/q;;;+2/p-2. The number of rotatable bonds is 4. The molecule has 0 aliphatic rings. The quantitative estimate of drug-likeness (QED) is 0.163. The topological polar surface area (TPSA) is 38.1 Å². The van der Waals surface area contributed by atoms with Crippen molar-refractivity contribution >= 4 is 53.9 Å². The molecule has 2 heterocycles. The van der Waals surface area contributed by atoms with Gasteiger partial charge in [0.2, 0.25) is 0 Å². The van der Waals surface area contributed by atoms with Gasteiger partial charge < -0.3 is 0 Å². The van der Waals surface area contributed by atoms with Gasteiger partial charge in [-0.25, -0.2) is 4.98 Å². The summed E-state index contributed by atoms with van der Waals surface area (Å²) in [5.74, 6) is 0.840. The first kappa shape index (κ1) is 23.7. The SMILES string of the molecule is CC(C)c1cccc(C(C)C)c1N=Cc1ccc2ccc3cccnc3c2n1.[Cl][Fe][Cl]. The van der Waals surface area contributed by atoms with Crippen LogP contribution in [-0.4, -0.2) is 16.2 Å². The fraction of sp³-hybridized carbons (Fsp3) is 0.240. The van der Waals surface area contributed by atoms with Crippen molar-refractivity contribution in [1.29, 1.82) is 0 Å². The van der Waals surface area contributed by atoms with E-state index in [1.54, 1.807) is 0 Å². The van der Waals surface area contributed by atoms with E-state index in [9.17, 15) is 0 Å². The second-order valence-corrected chi connectivity index (χ2v) is 9.68. The molecule has 31 heavy (non-hydrogen) atoms. The first-order chi connectivity index (χ1) is 15.0. The van der Waals surface area contributed by atoms with Gasteiger partial charge in [-0.05, 0) is 35.1 Å². The van der Waals surface area contributed by atoms with Gasteiger partial charge in [0.15, 0.2) is 0 Å². The number of hydrogen-bond acceptors (Lipinski definition) is 3. The third kappa shape index (κ3) is 5.64. The number of aliphatic imine (C=N–C) groups is 1. The number of para-hydroxylation sites is 1. The van der Waals surface area contributed by atoms with Crippen molar-refractivity contribution in [2.75, 3.05) is 0 Å². The minimum absolute atomic E-state index is 0.194. The number of pyridine rings is 2. The molecule has 0 saturated carbocycles. The maximum absolute atomic E-state index is 4.90. The van der Waals surface area contributed by atoms with Gasteiger partial charge in [0.25, 0.3) is 0 Å². The maximum atomic E-state index is 4.90. The van der Waals surface area contributed by atoms with Gasteiger partial charge >= 0.3 is 33.3 Å². The van der Waals surface area contributed by atoms with E-state index in [1.807, 2.05) is 24.5 Å². The van der Waals surface area contributed by atoms with Crippen molar-refractivity contribution in [3.8, 4) is 0 Å². The minimum atomic E-state index is 0.194. The van der Waals surface area contributed by atoms with Gasteiger partial charge in [0.05, 0.1) is 28.6 Å². The third-order valence-corrected chi connectivity index (χ3v) is 5.12. The fourth-order valence-electron chi connectivity index (χ4n) is 3.60. The Kier molecular flexibility index (Phi) is 8.45. The summed E-state index contributed by atoms with van der Waals surface area (Å²) in [5, 5.41) is 2.19. The van der Waals surface area contributed by atoms with Crippen LogP contribution in [0.1, 0.15) is 56.4 Å². The molecule has 0 unspecified atom stereocenters. The van der Waals surface area contributed by atoms with Crippen molar-refractivity contribution in [2.45, 2.75) is 39.5 Å². The Morgan fingerprint density at radius 2 is 1.39 bits per heavy atom. The van der Waals surface area contributed by atoms with Crippen LogP contribution in [0.15, 0.2) is 65.8 Å². The van der Waals surface area contributed by atoms with Crippen LogP contribution in [0.4, 0.5) is 5.69 Å². The van der Waals surface area contributed by atoms with Crippen LogP contribution in [0, 0.1) is 0 Å².